The molecule has 98 valence electrons. The molecule has 0 radical (unpaired) electrons. The van der Waals surface area contributed by atoms with Crippen molar-refractivity contribution in [2.45, 2.75) is 52.6 Å². The zero-order valence-electron chi connectivity index (χ0n) is 11.5. The second-order valence-electron chi connectivity index (χ2n) is 5.62. The summed E-state index contributed by atoms with van der Waals surface area (Å²) < 4.78 is 5.69. The molecule has 0 saturated carbocycles. The van der Waals surface area contributed by atoms with Crippen LogP contribution in [0.2, 0.25) is 0 Å². The van der Waals surface area contributed by atoms with Crippen LogP contribution in [0.15, 0.2) is 0 Å². The van der Waals surface area contributed by atoms with E-state index in [2.05, 4.69) is 17.9 Å². The van der Waals surface area contributed by atoms with Gasteiger partial charge in [-0.1, -0.05) is 0 Å². The van der Waals surface area contributed by atoms with Gasteiger partial charge in [-0.2, -0.15) is 5.26 Å². The number of nitriles is 1. The number of likely N-dealkylation sites (tertiary alicyclic amines) is 1. The van der Waals surface area contributed by atoms with Crippen LogP contribution in [0.5, 0.6) is 0 Å². The van der Waals surface area contributed by atoms with E-state index in [1.807, 2.05) is 13.8 Å². The Bertz CT molecular complexity index is 255. The van der Waals surface area contributed by atoms with Crippen molar-refractivity contribution >= 4 is 0 Å². The highest BCUT2D eigenvalue weighted by atomic mass is 16.5. The highest BCUT2D eigenvalue weighted by Gasteiger charge is 2.21. The molecule has 1 heterocycles. The van der Waals surface area contributed by atoms with Crippen molar-refractivity contribution in [1.82, 2.24) is 4.90 Å². The van der Waals surface area contributed by atoms with Gasteiger partial charge in [-0.05, 0) is 59.5 Å². The van der Waals surface area contributed by atoms with E-state index in [1.54, 1.807) is 0 Å². The summed E-state index contributed by atoms with van der Waals surface area (Å²) in [5, 5.41) is 8.96. The molecule has 1 aliphatic heterocycles. The fourth-order valence-electron chi connectivity index (χ4n) is 2.39. The highest BCUT2D eigenvalue weighted by molar-refractivity contribution is 4.91. The van der Waals surface area contributed by atoms with Crippen LogP contribution in [-0.4, -0.2) is 37.2 Å². The lowest BCUT2D eigenvalue weighted by Gasteiger charge is -2.32. The Morgan fingerprint density at radius 1 is 1.47 bits per heavy atom. The van der Waals surface area contributed by atoms with Gasteiger partial charge in [0.25, 0.3) is 0 Å². The van der Waals surface area contributed by atoms with Crippen molar-refractivity contribution in [3.05, 3.63) is 0 Å². The molecule has 0 bridgehead atoms. The van der Waals surface area contributed by atoms with Crippen LogP contribution in [-0.2, 0) is 4.74 Å². The van der Waals surface area contributed by atoms with Crippen LogP contribution in [0.25, 0.3) is 0 Å². The Morgan fingerprint density at radius 2 is 2.24 bits per heavy atom. The van der Waals surface area contributed by atoms with E-state index in [0.29, 0.717) is 6.10 Å². The number of ether oxygens (including phenoxy) is 1. The van der Waals surface area contributed by atoms with Crippen LogP contribution in [0.3, 0.4) is 0 Å². The maximum atomic E-state index is 8.96. The van der Waals surface area contributed by atoms with Gasteiger partial charge < -0.3 is 9.64 Å². The topological polar surface area (TPSA) is 36.3 Å². The monoisotopic (exact) mass is 238 g/mol. The number of rotatable bonds is 6. The molecule has 1 saturated heterocycles. The predicted octanol–water partition coefficient (Wildman–Crippen LogP) is 2.82. The zero-order valence-corrected chi connectivity index (χ0v) is 11.5. The van der Waals surface area contributed by atoms with Gasteiger partial charge in [-0.25, -0.2) is 0 Å². The van der Waals surface area contributed by atoms with Crippen molar-refractivity contribution in [2.24, 2.45) is 5.41 Å². The lowest BCUT2D eigenvalue weighted by molar-refractivity contribution is 0.00523. The van der Waals surface area contributed by atoms with E-state index in [4.69, 9.17) is 10.00 Å². The van der Waals surface area contributed by atoms with Crippen molar-refractivity contribution in [1.29, 1.82) is 5.26 Å². The molecule has 0 N–H and O–H groups in total. The van der Waals surface area contributed by atoms with Crippen molar-refractivity contribution < 1.29 is 4.74 Å². The zero-order chi connectivity index (χ0) is 12.7. The molecule has 0 aromatic rings. The number of piperidine rings is 1. The average molecular weight is 238 g/mol. The Kier molecular flexibility index (Phi) is 5.94. The van der Waals surface area contributed by atoms with Crippen molar-refractivity contribution in [2.75, 3.05) is 26.2 Å². The molecule has 0 aromatic heterocycles. The minimum absolute atomic E-state index is 0.172. The minimum atomic E-state index is -0.172. The van der Waals surface area contributed by atoms with Crippen molar-refractivity contribution in [3.8, 4) is 6.07 Å². The SMILES string of the molecule is CCOC1CCCN(CCCC(C)(C)C#N)C1. The molecule has 1 aliphatic rings. The summed E-state index contributed by atoms with van der Waals surface area (Å²) in [5.74, 6) is 0. The maximum absolute atomic E-state index is 8.96. The lowest BCUT2D eigenvalue weighted by Crippen LogP contribution is -2.40. The molecular weight excluding hydrogens is 212 g/mol. The van der Waals surface area contributed by atoms with Crippen LogP contribution in [0.1, 0.15) is 46.5 Å². The molecule has 0 aromatic carbocycles. The molecule has 3 nitrogen and oxygen atoms in total. The summed E-state index contributed by atoms with van der Waals surface area (Å²) in [5.41, 5.74) is -0.172. The van der Waals surface area contributed by atoms with Crippen molar-refractivity contribution in [3.63, 3.8) is 0 Å². The Morgan fingerprint density at radius 3 is 2.88 bits per heavy atom. The van der Waals surface area contributed by atoms with Gasteiger partial charge in [0.15, 0.2) is 0 Å². The number of hydrogen-bond acceptors (Lipinski definition) is 3. The first kappa shape index (κ1) is 14.5. The summed E-state index contributed by atoms with van der Waals surface area (Å²) >= 11 is 0. The Labute approximate surface area is 106 Å². The Hall–Kier alpha value is -0.590. The summed E-state index contributed by atoms with van der Waals surface area (Å²) in [7, 11) is 0. The van der Waals surface area contributed by atoms with E-state index >= 15 is 0 Å². The second-order valence-corrected chi connectivity index (χ2v) is 5.62. The lowest BCUT2D eigenvalue weighted by atomic mass is 9.89. The van der Waals surface area contributed by atoms with Gasteiger partial charge in [0.1, 0.15) is 0 Å². The molecular formula is C14H26N2O. The quantitative estimate of drug-likeness (QED) is 0.714. The fourth-order valence-corrected chi connectivity index (χ4v) is 2.39. The summed E-state index contributed by atoms with van der Waals surface area (Å²) in [6.07, 6.45) is 4.97. The molecule has 17 heavy (non-hydrogen) atoms. The third kappa shape index (κ3) is 5.52. The van der Waals surface area contributed by atoms with E-state index in [9.17, 15) is 0 Å². The van der Waals surface area contributed by atoms with Crippen LogP contribution >= 0.6 is 0 Å². The molecule has 3 heteroatoms. The van der Waals surface area contributed by atoms with E-state index in [0.717, 1.165) is 32.5 Å². The standard InChI is InChI=1S/C14H26N2O/c1-4-17-13-7-5-9-16(11-13)10-6-8-14(2,3)12-15/h13H,4-11H2,1-3H3. The third-order valence-electron chi connectivity index (χ3n) is 3.44. The normalized spacial score (nSPS) is 22.4. The molecule has 1 fully saturated rings. The first-order valence-corrected chi connectivity index (χ1v) is 6.82. The molecule has 1 atom stereocenters. The summed E-state index contributed by atoms with van der Waals surface area (Å²) in [6, 6.07) is 2.36. The molecule has 1 unspecified atom stereocenters. The first-order valence-electron chi connectivity index (χ1n) is 6.82. The average Bonchev–Trinajstić information content (AvgIpc) is 2.30. The van der Waals surface area contributed by atoms with Gasteiger partial charge in [0.05, 0.1) is 17.6 Å². The van der Waals surface area contributed by atoms with E-state index < -0.39 is 0 Å². The molecule has 0 spiro atoms. The first-order chi connectivity index (χ1) is 8.07. The summed E-state index contributed by atoms with van der Waals surface area (Å²) in [6.45, 7) is 10.3. The molecule has 0 amide bonds. The van der Waals surface area contributed by atoms with Gasteiger partial charge >= 0.3 is 0 Å². The van der Waals surface area contributed by atoms with Crippen LogP contribution in [0, 0.1) is 16.7 Å². The van der Waals surface area contributed by atoms with Gasteiger partial charge in [0.2, 0.25) is 0 Å². The minimum Gasteiger partial charge on any atom is -0.377 e. The van der Waals surface area contributed by atoms with Crippen LogP contribution < -0.4 is 0 Å². The second kappa shape index (κ2) is 6.98. The smallest absolute Gasteiger partial charge is 0.0702 e. The van der Waals surface area contributed by atoms with Gasteiger partial charge in [0, 0.05) is 13.2 Å². The number of nitrogens with zero attached hydrogens (tertiary/aromatic N) is 2. The Balaban J connectivity index is 2.21. The van der Waals surface area contributed by atoms with E-state index in [1.165, 1.54) is 19.4 Å². The predicted molar refractivity (Wildman–Crippen MR) is 69.7 cm³/mol. The maximum Gasteiger partial charge on any atom is 0.0702 e. The molecule has 0 aliphatic carbocycles. The third-order valence-corrected chi connectivity index (χ3v) is 3.44. The van der Waals surface area contributed by atoms with E-state index in [-0.39, 0.29) is 5.41 Å². The van der Waals surface area contributed by atoms with Gasteiger partial charge in [-0.15, -0.1) is 0 Å². The highest BCUT2D eigenvalue weighted by Crippen LogP contribution is 2.21. The molecule has 1 rings (SSSR count). The summed E-state index contributed by atoms with van der Waals surface area (Å²) in [4.78, 5) is 2.48. The number of hydrogen-bond donors (Lipinski definition) is 0. The van der Waals surface area contributed by atoms with Gasteiger partial charge in [-0.3, -0.25) is 0 Å². The largest absolute Gasteiger partial charge is 0.377 e. The van der Waals surface area contributed by atoms with Crippen LogP contribution in [0.4, 0.5) is 0 Å². The fraction of sp³-hybridized carbons (Fsp3) is 0.929.